The minimum absolute atomic E-state index is 0.493. The molecule has 2 aromatic heterocycles. The number of thiophene rings is 1. The first kappa shape index (κ1) is 11.4. The van der Waals surface area contributed by atoms with Gasteiger partial charge in [-0.05, 0) is 19.1 Å². The molecule has 0 aromatic carbocycles. The number of rotatable bonds is 4. The third kappa shape index (κ3) is 2.51. The number of H-pyrrole nitrogens is 1. The maximum atomic E-state index is 4.13. The predicted octanol–water partition coefficient (Wildman–Crippen LogP) is 2.94. The zero-order valence-corrected chi connectivity index (χ0v) is 10.7. The molecule has 0 fully saturated rings. The molecule has 2 rings (SSSR count). The van der Waals surface area contributed by atoms with Crippen molar-refractivity contribution < 1.29 is 0 Å². The lowest BCUT2D eigenvalue weighted by Gasteiger charge is -2.07. The second kappa shape index (κ2) is 4.80. The quantitative estimate of drug-likeness (QED) is 0.855. The number of aromatic amines is 1. The fourth-order valence-corrected chi connectivity index (χ4v) is 2.44. The number of aryl methyl sites for hydroxylation is 1. The van der Waals surface area contributed by atoms with E-state index >= 15 is 0 Å². The number of nitrogens with one attached hydrogen (secondary N) is 2. The molecular formula is C12H17N3S. The van der Waals surface area contributed by atoms with Crippen molar-refractivity contribution in [1.29, 1.82) is 0 Å². The topological polar surface area (TPSA) is 40.7 Å². The van der Waals surface area contributed by atoms with E-state index in [9.17, 15) is 0 Å². The first-order valence-corrected chi connectivity index (χ1v) is 6.31. The summed E-state index contributed by atoms with van der Waals surface area (Å²) in [7, 11) is 0. The Morgan fingerprint density at radius 1 is 1.44 bits per heavy atom. The lowest BCUT2D eigenvalue weighted by molar-refractivity contribution is 0.589. The van der Waals surface area contributed by atoms with Gasteiger partial charge in [-0.1, -0.05) is 13.8 Å². The Labute approximate surface area is 99.9 Å². The Kier molecular flexibility index (Phi) is 3.41. The van der Waals surface area contributed by atoms with Crippen LogP contribution in [0.1, 0.15) is 24.3 Å². The van der Waals surface area contributed by atoms with Gasteiger partial charge in [0.2, 0.25) is 0 Å². The Morgan fingerprint density at radius 3 is 2.88 bits per heavy atom. The molecule has 0 aliphatic rings. The van der Waals surface area contributed by atoms with Crippen molar-refractivity contribution in [2.75, 3.05) is 0 Å². The molecule has 0 bridgehead atoms. The van der Waals surface area contributed by atoms with E-state index in [-0.39, 0.29) is 0 Å². The van der Waals surface area contributed by atoms with Gasteiger partial charge in [0.05, 0.1) is 16.8 Å². The van der Waals surface area contributed by atoms with Crippen LogP contribution in [0.4, 0.5) is 0 Å². The highest BCUT2D eigenvalue weighted by Gasteiger charge is 2.09. The molecule has 2 aromatic rings. The van der Waals surface area contributed by atoms with Gasteiger partial charge in [0.1, 0.15) is 0 Å². The standard InChI is InChI=1S/C12H17N3S/c1-8(2)13-6-10-7-14-15-12(10)11-5-4-9(3)16-11/h4-5,7-8,13H,6H2,1-3H3,(H,14,15). The first-order chi connectivity index (χ1) is 7.66. The number of hydrogen-bond acceptors (Lipinski definition) is 3. The lowest BCUT2D eigenvalue weighted by atomic mass is 10.2. The summed E-state index contributed by atoms with van der Waals surface area (Å²) in [6.07, 6.45) is 1.90. The monoisotopic (exact) mass is 235 g/mol. The molecule has 0 amide bonds. The lowest BCUT2D eigenvalue weighted by Crippen LogP contribution is -2.21. The van der Waals surface area contributed by atoms with Crippen LogP contribution in [0.3, 0.4) is 0 Å². The van der Waals surface area contributed by atoms with Crippen LogP contribution in [0.5, 0.6) is 0 Å². The molecule has 0 aliphatic carbocycles. The molecule has 0 aliphatic heterocycles. The van der Waals surface area contributed by atoms with E-state index in [1.165, 1.54) is 15.3 Å². The van der Waals surface area contributed by atoms with E-state index in [0.717, 1.165) is 12.2 Å². The van der Waals surface area contributed by atoms with Gasteiger partial charge in [0.25, 0.3) is 0 Å². The Bertz CT molecular complexity index is 456. The summed E-state index contributed by atoms with van der Waals surface area (Å²) in [5.41, 5.74) is 2.38. The average molecular weight is 235 g/mol. The van der Waals surface area contributed by atoms with Gasteiger partial charge in [-0.2, -0.15) is 5.10 Å². The number of aromatic nitrogens is 2. The van der Waals surface area contributed by atoms with E-state index in [2.05, 4.69) is 48.4 Å². The highest BCUT2D eigenvalue weighted by Crippen LogP contribution is 2.28. The van der Waals surface area contributed by atoms with Crippen LogP contribution in [0.15, 0.2) is 18.3 Å². The molecule has 0 saturated heterocycles. The molecule has 3 nitrogen and oxygen atoms in total. The minimum atomic E-state index is 0.493. The fourth-order valence-electron chi connectivity index (χ4n) is 1.54. The summed E-state index contributed by atoms with van der Waals surface area (Å²) in [6.45, 7) is 7.28. The maximum Gasteiger partial charge on any atom is 0.0794 e. The van der Waals surface area contributed by atoms with Crippen molar-refractivity contribution in [1.82, 2.24) is 15.5 Å². The summed E-state index contributed by atoms with van der Waals surface area (Å²) in [4.78, 5) is 2.59. The van der Waals surface area contributed by atoms with Crippen molar-refractivity contribution in [3.8, 4) is 10.6 Å². The largest absolute Gasteiger partial charge is 0.310 e. The second-order valence-corrected chi connectivity index (χ2v) is 5.50. The molecule has 0 spiro atoms. The second-order valence-electron chi connectivity index (χ2n) is 4.22. The molecule has 0 atom stereocenters. The van der Waals surface area contributed by atoms with Crippen LogP contribution in [0.2, 0.25) is 0 Å². The molecule has 0 unspecified atom stereocenters. The molecule has 0 saturated carbocycles. The van der Waals surface area contributed by atoms with E-state index < -0.39 is 0 Å². The van der Waals surface area contributed by atoms with E-state index in [0.29, 0.717) is 6.04 Å². The summed E-state index contributed by atoms with van der Waals surface area (Å²) >= 11 is 1.79. The van der Waals surface area contributed by atoms with Gasteiger partial charge in [0, 0.05) is 23.0 Å². The van der Waals surface area contributed by atoms with Crippen LogP contribution in [-0.2, 0) is 6.54 Å². The van der Waals surface area contributed by atoms with Crippen molar-refractivity contribution in [3.05, 3.63) is 28.8 Å². The zero-order chi connectivity index (χ0) is 11.5. The minimum Gasteiger partial charge on any atom is -0.310 e. The van der Waals surface area contributed by atoms with Crippen LogP contribution < -0.4 is 5.32 Å². The number of hydrogen-bond donors (Lipinski definition) is 2. The molecule has 2 N–H and O–H groups in total. The smallest absolute Gasteiger partial charge is 0.0794 e. The number of nitrogens with zero attached hydrogens (tertiary/aromatic N) is 1. The molecule has 86 valence electrons. The third-order valence-corrected chi connectivity index (χ3v) is 3.42. The maximum absolute atomic E-state index is 4.13. The highest BCUT2D eigenvalue weighted by atomic mass is 32.1. The Morgan fingerprint density at radius 2 is 2.25 bits per heavy atom. The zero-order valence-electron chi connectivity index (χ0n) is 9.87. The van der Waals surface area contributed by atoms with Crippen molar-refractivity contribution in [2.24, 2.45) is 0 Å². The van der Waals surface area contributed by atoms with Gasteiger partial charge in [0.15, 0.2) is 0 Å². The molecular weight excluding hydrogens is 218 g/mol. The van der Waals surface area contributed by atoms with Crippen molar-refractivity contribution in [3.63, 3.8) is 0 Å². The van der Waals surface area contributed by atoms with Crippen LogP contribution in [0.25, 0.3) is 10.6 Å². The van der Waals surface area contributed by atoms with E-state index in [4.69, 9.17) is 0 Å². The summed E-state index contributed by atoms with van der Waals surface area (Å²) < 4.78 is 0. The SMILES string of the molecule is Cc1ccc(-c2[nH]ncc2CNC(C)C)s1. The van der Waals surface area contributed by atoms with Gasteiger partial charge in [-0.15, -0.1) is 11.3 Å². The van der Waals surface area contributed by atoms with Crippen molar-refractivity contribution in [2.45, 2.75) is 33.4 Å². The van der Waals surface area contributed by atoms with Crippen molar-refractivity contribution >= 4 is 11.3 Å². The van der Waals surface area contributed by atoms with Gasteiger partial charge < -0.3 is 5.32 Å². The van der Waals surface area contributed by atoms with E-state index in [1.807, 2.05) is 6.20 Å². The van der Waals surface area contributed by atoms with Crippen LogP contribution in [-0.4, -0.2) is 16.2 Å². The highest BCUT2D eigenvalue weighted by molar-refractivity contribution is 7.15. The molecule has 0 radical (unpaired) electrons. The Balaban J connectivity index is 2.19. The average Bonchev–Trinajstić information content (AvgIpc) is 2.82. The molecule has 16 heavy (non-hydrogen) atoms. The fraction of sp³-hybridized carbons (Fsp3) is 0.417. The van der Waals surface area contributed by atoms with Crippen LogP contribution in [0, 0.1) is 6.92 Å². The Hall–Kier alpha value is -1.13. The van der Waals surface area contributed by atoms with Crippen LogP contribution >= 0.6 is 11.3 Å². The normalized spacial score (nSPS) is 11.2. The predicted molar refractivity (Wildman–Crippen MR) is 68.6 cm³/mol. The summed E-state index contributed by atoms with van der Waals surface area (Å²) in [6, 6.07) is 4.78. The third-order valence-electron chi connectivity index (χ3n) is 2.41. The molecule has 2 heterocycles. The van der Waals surface area contributed by atoms with Gasteiger partial charge in [-0.3, -0.25) is 5.10 Å². The summed E-state index contributed by atoms with van der Waals surface area (Å²) in [5, 5.41) is 10.6. The van der Waals surface area contributed by atoms with E-state index in [1.54, 1.807) is 11.3 Å². The molecule has 4 heteroatoms. The first-order valence-electron chi connectivity index (χ1n) is 5.49. The summed E-state index contributed by atoms with van der Waals surface area (Å²) in [5.74, 6) is 0. The van der Waals surface area contributed by atoms with Gasteiger partial charge in [-0.25, -0.2) is 0 Å². The van der Waals surface area contributed by atoms with Gasteiger partial charge >= 0.3 is 0 Å².